The van der Waals surface area contributed by atoms with E-state index in [0.29, 0.717) is 31.8 Å². The molecule has 9 heteroatoms. The zero-order valence-corrected chi connectivity index (χ0v) is 16.6. The number of fused-ring (bicyclic) bond motifs is 1. The Bertz CT molecular complexity index is 986. The molecule has 2 aromatic rings. The van der Waals surface area contributed by atoms with Gasteiger partial charge < -0.3 is 10.1 Å². The molecule has 1 atom stereocenters. The number of nitrogens with one attached hydrogen (secondary N) is 1. The molecule has 1 N–H and O–H groups in total. The maximum Gasteiger partial charge on any atom is 0.251 e. The number of aryl methyl sites for hydroxylation is 1. The number of carbonyl (C=O) groups excluding carboxylic acids is 1. The van der Waals surface area contributed by atoms with Gasteiger partial charge in [-0.05, 0) is 42.5 Å². The number of aromatic nitrogens is 2. The third-order valence-corrected chi connectivity index (χ3v) is 7.12. The van der Waals surface area contributed by atoms with Crippen LogP contribution in [0.3, 0.4) is 0 Å². The molecule has 1 aromatic carbocycles. The van der Waals surface area contributed by atoms with Gasteiger partial charge in [0.2, 0.25) is 10.0 Å². The average molecular weight is 404 g/mol. The molecule has 0 radical (unpaired) electrons. The summed E-state index contributed by atoms with van der Waals surface area (Å²) < 4.78 is 34.0. The van der Waals surface area contributed by atoms with Crippen LogP contribution in [0, 0.1) is 5.92 Å². The molecular weight excluding hydrogens is 380 g/mol. The first-order valence-electron chi connectivity index (χ1n) is 9.46. The number of piperidine rings is 1. The maximum absolute atomic E-state index is 12.8. The van der Waals surface area contributed by atoms with Crippen molar-refractivity contribution >= 4 is 15.9 Å². The van der Waals surface area contributed by atoms with Gasteiger partial charge in [-0.15, -0.1) is 0 Å². The van der Waals surface area contributed by atoms with Crippen molar-refractivity contribution < 1.29 is 17.9 Å². The Morgan fingerprint density at radius 3 is 3.04 bits per heavy atom. The standard InChI is InChI=1S/C19H24N4O4S/c1-22-13-17(11-21-22)28(25,26)23-7-2-3-14(12-23)10-20-19(24)16-4-5-18-15(9-16)6-8-27-18/h4-5,9,11,13-14H,2-3,6-8,10,12H2,1H3,(H,20,24). The first-order valence-corrected chi connectivity index (χ1v) is 10.9. The number of ether oxygens (including phenoxy) is 1. The number of amides is 1. The highest BCUT2D eigenvalue weighted by Gasteiger charge is 2.31. The molecule has 150 valence electrons. The highest BCUT2D eigenvalue weighted by atomic mass is 32.2. The van der Waals surface area contributed by atoms with Crippen LogP contribution in [0.2, 0.25) is 0 Å². The van der Waals surface area contributed by atoms with E-state index in [2.05, 4.69) is 10.4 Å². The third kappa shape index (κ3) is 3.77. The minimum Gasteiger partial charge on any atom is -0.493 e. The summed E-state index contributed by atoms with van der Waals surface area (Å²) in [7, 11) is -1.86. The van der Waals surface area contributed by atoms with E-state index in [1.165, 1.54) is 21.4 Å². The van der Waals surface area contributed by atoms with E-state index >= 15 is 0 Å². The summed E-state index contributed by atoms with van der Waals surface area (Å²) in [6.45, 7) is 2.00. The fourth-order valence-corrected chi connectivity index (χ4v) is 5.30. The molecule has 4 rings (SSSR count). The monoisotopic (exact) mass is 404 g/mol. The molecule has 1 amide bonds. The van der Waals surface area contributed by atoms with Crippen LogP contribution in [-0.4, -0.2) is 54.7 Å². The van der Waals surface area contributed by atoms with Crippen LogP contribution in [0.15, 0.2) is 35.5 Å². The molecule has 3 heterocycles. The smallest absolute Gasteiger partial charge is 0.251 e. The number of sulfonamides is 1. The number of hydrogen-bond acceptors (Lipinski definition) is 5. The van der Waals surface area contributed by atoms with Gasteiger partial charge in [-0.3, -0.25) is 9.48 Å². The minimum absolute atomic E-state index is 0.0851. The minimum atomic E-state index is -3.55. The van der Waals surface area contributed by atoms with Gasteiger partial charge in [0, 0.05) is 44.9 Å². The van der Waals surface area contributed by atoms with Crippen molar-refractivity contribution in [3.05, 3.63) is 41.7 Å². The molecule has 2 aliphatic heterocycles. The molecule has 8 nitrogen and oxygen atoms in total. The van der Waals surface area contributed by atoms with E-state index in [-0.39, 0.29) is 16.7 Å². The lowest BCUT2D eigenvalue weighted by Gasteiger charge is -2.31. The van der Waals surface area contributed by atoms with Gasteiger partial charge in [-0.2, -0.15) is 9.40 Å². The SMILES string of the molecule is Cn1cc(S(=O)(=O)N2CCCC(CNC(=O)c3ccc4c(c3)CCO4)C2)cn1. The van der Waals surface area contributed by atoms with E-state index in [0.717, 1.165) is 30.6 Å². The maximum atomic E-state index is 12.8. The van der Waals surface area contributed by atoms with E-state index in [1.54, 1.807) is 13.1 Å². The van der Waals surface area contributed by atoms with Crippen LogP contribution < -0.4 is 10.1 Å². The predicted molar refractivity (Wildman–Crippen MR) is 103 cm³/mol. The van der Waals surface area contributed by atoms with Gasteiger partial charge in [0.15, 0.2) is 0 Å². The van der Waals surface area contributed by atoms with Crippen molar-refractivity contribution in [1.29, 1.82) is 0 Å². The van der Waals surface area contributed by atoms with Crippen LogP contribution in [0.5, 0.6) is 5.75 Å². The molecule has 0 saturated carbocycles. The summed E-state index contributed by atoms with van der Waals surface area (Å²) in [6, 6.07) is 5.47. The summed E-state index contributed by atoms with van der Waals surface area (Å²) >= 11 is 0. The first kappa shape index (κ1) is 18.9. The van der Waals surface area contributed by atoms with Crippen LogP contribution in [-0.2, 0) is 23.5 Å². The molecule has 1 fully saturated rings. The molecule has 28 heavy (non-hydrogen) atoms. The summed E-state index contributed by atoms with van der Waals surface area (Å²) in [5.41, 5.74) is 1.67. The lowest BCUT2D eigenvalue weighted by atomic mass is 9.99. The van der Waals surface area contributed by atoms with Crippen molar-refractivity contribution in [1.82, 2.24) is 19.4 Å². The second-order valence-electron chi connectivity index (χ2n) is 7.35. The average Bonchev–Trinajstić information content (AvgIpc) is 3.34. The van der Waals surface area contributed by atoms with E-state index < -0.39 is 10.0 Å². The lowest BCUT2D eigenvalue weighted by molar-refractivity contribution is 0.0941. The molecule has 0 bridgehead atoms. The van der Waals surface area contributed by atoms with Gasteiger partial charge >= 0.3 is 0 Å². The lowest BCUT2D eigenvalue weighted by Crippen LogP contribution is -2.43. The van der Waals surface area contributed by atoms with Gasteiger partial charge in [-0.25, -0.2) is 8.42 Å². The third-order valence-electron chi connectivity index (χ3n) is 5.30. The Balaban J connectivity index is 1.37. The number of benzene rings is 1. The Kier molecular flexibility index (Phi) is 5.11. The quantitative estimate of drug-likeness (QED) is 0.808. The summed E-state index contributed by atoms with van der Waals surface area (Å²) in [5, 5.41) is 6.92. The molecular formula is C19H24N4O4S. The second kappa shape index (κ2) is 7.56. The van der Waals surface area contributed by atoms with E-state index in [1.807, 2.05) is 12.1 Å². The highest BCUT2D eigenvalue weighted by molar-refractivity contribution is 7.89. The van der Waals surface area contributed by atoms with Crippen molar-refractivity contribution in [2.24, 2.45) is 13.0 Å². The van der Waals surface area contributed by atoms with E-state index in [9.17, 15) is 13.2 Å². The predicted octanol–water partition coefficient (Wildman–Crippen LogP) is 1.19. The molecule has 1 saturated heterocycles. The second-order valence-corrected chi connectivity index (χ2v) is 9.29. The first-order chi connectivity index (χ1) is 13.4. The van der Waals surface area contributed by atoms with Crippen molar-refractivity contribution in [3.63, 3.8) is 0 Å². The molecule has 0 aliphatic carbocycles. The summed E-state index contributed by atoms with van der Waals surface area (Å²) in [5.74, 6) is 0.795. The normalized spacial score (nSPS) is 19.8. The van der Waals surface area contributed by atoms with Crippen molar-refractivity contribution in [3.8, 4) is 5.75 Å². The Hall–Kier alpha value is -2.39. The largest absolute Gasteiger partial charge is 0.493 e. The van der Waals surface area contributed by atoms with Crippen LogP contribution in [0.25, 0.3) is 0 Å². The highest BCUT2D eigenvalue weighted by Crippen LogP contribution is 2.26. The van der Waals surface area contributed by atoms with Crippen LogP contribution >= 0.6 is 0 Å². The number of hydrogen-bond donors (Lipinski definition) is 1. The van der Waals surface area contributed by atoms with Gasteiger partial charge in [0.1, 0.15) is 10.6 Å². The van der Waals surface area contributed by atoms with Crippen LogP contribution in [0.1, 0.15) is 28.8 Å². The van der Waals surface area contributed by atoms with Crippen molar-refractivity contribution in [2.45, 2.75) is 24.2 Å². The van der Waals surface area contributed by atoms with Gasteiger partial charge in [-0.1, -0.05) is 0 Å². The van der Waals surface area contributed by atoms with Gasteiger partial charge in [0.05, 0.1) is 12.8 Å². The Morgan fingerprint density at radius 1 is 1.39 bits per heavy atom. The molecule has 0 spiro atoms. The Morgan fingerprint density at radius 2 is 2.25 bits per heavy atom. The number of nitrogens with zero attached hydrogens (tertiary/aromatic N) is 3. The van der Waals surface area contributed by atoms with E-state index in [4.69, 9.17) is 4.74 Å². The zero-order valence-electron chi connectivity index (χ0n) is 15.8. The molecule has 1 unspecified atom stereocenters. The topological polar surface area (TPSA) is 93.5 Å². The summed E-state index contributed by atoms with van der Waals surface area (Å²) in [4.78, 5) is 12.7. The Labute approximate surface area is 164 Å². The zero-order chi connectivity index (χ0) is 19.7. The van der Waals surface area contributed by atoms with Gasteiger partial charge in [0.25, 0.3) is 5.91 Å². The van der Waals surface area contributed by atoms with Crippen LogP contribution in [0.4, 0.5) is 0 Å². The molecule has 1 aromatic heterocycles. The number of rotatable bonds is 5. The fraction of sp³-hybridized carbons (Fsp3) is 0.474. The fourth-order valence-electron chi connectivity index (χ4n) is 3.76. The number of carbonyl (C=O) groups is 1. The summed E-state index contributed by atoms with van der Waals surface area (Å²) in [6.07, 6.45) is 5.37. The van der Waals surface area contributed by atoms with Crippen molar-refractivity contribution in [2.75, 3.05) is 26.2 Å². The molecule has 2 aliphatic rings.